The predicted octanol–water partition coefficient (Wildman–Crippen LogP) is 2.65. The molecule has 0 fully saturated rings. The number of hydrogen-bond donors (Lipinski definition) is 2. The van der Waals surface area contributed by atoms with Crippen LogP contribution in [0, 0.1) is 11.3 Å². The van der Waals surface area contributed by atoms with Crippen molar-refractivity contribution in [2.75, 3.05) is 11.9 Å². The maximum atomic E-state index is 11.6. The number of rotatable bonds is 3. The number of nitrogens with zero attached hydrogens (tertiary/aromatic N) is 1. The van der Waals surface area contributed by atoms with E-state index in [0.29, 0.717) is 5.56 Å². The van der Waals surface area contributed by atoms with Gasteiger partial charge < -0.3 is 10.6 Å². The average molecular weight is 310 g/mol. The van der Waals surface area contributed by atoms with Crippen LogP contribution in [0.2, 0.25) is 0 Å². The van der Waals surface area contributed by atoms with E-state index in [2.05, 4.69) is 32.6 Å². The normalized spacial score (nSPS) is 10.6. The van der Waals surface area contributed by atoms with Gasteiger partial charge in [-0.25, -0.2) is 0 Å². The molecule has 0 heterocycles. The molecule has 18 heavy (non-hydrogen) atoms. The highest BCUT2D eigenvalue weighted by atomic mass is 79.9. The van der Waals surface area contributed by atoms with E-state index in [1.165, 1.54) is 0 Å². The van der Waals surface area contributed by atoms with E-state index < -0.39 is 0 Å². The van der Waals surface area contributed by atoms with Crippen molar-refractivity contribution >= 4 is 27.5 Å². The Kier molecular flexibility index (Phi) is 4.74. The van der Waals surface area contributed by atoms with Gasteiger partial charge in [0, 0.05) is 15.7 Å². The van der Waals surface area contributed by atoms with Gasteiger partial charge in [-0.2, -0.15) is 5.26 Å². The molecule has 4 nitrogen and oxygen atoms in total. The van der Waals surface area contributed by atoms with E-state index in [0.717, 1.165) is 10.2 Å². The average Bonchev–Trinajstić information content (AvgIpc) is 2.25. The summed E-state index contributed by atoms with van der Waals surface area (Å²) >= 11 is 3.35. The maximum Gasteiger partial charge on any atom is 0.239 e. The molecule has 0 aliphatic heterocycles. The molecule has 1 aromatic carbocycles. The topological polar surface area (TPSA) is 64.9 Å². The molecule has 1 amide bonds. The Morgan fingerprint density at radius 1 is 1.44 bits per heavy atom. The van der Waals surface area contributed by atoms with E-state index >= 15 is 0 Å². The SMILES string of the molecule is CC(C)(C)NC(=O)CNc1ccc(C#N)cc1Br. The first-order chi connectivity index (χ1) is 8.31. The number of nitrogens with one attached hydrogen (secondary N) is 2. The predicted molar refractivity (Wildman–Crippen MR) is 75.2 cm³/mol. The van der Waals surface area contributed by atoms with Crippen LogP contribution >= 0.6 is 15.9 Å². The number of halogens is 1. The minimum atomic E-state index is -0.235. The standard InChI is InChI=1S/C13H16BrN3O/c1-13(2,3)17-12(18)8-16-11-5-4-9(7-15)6-10(11)14/h4-6,16H,8H2,1-3H3,(H,17,18). The van der Waals surface area contributed by atoms with E-state index in [1.807, 2.05) is 20.8 Å². The summed E-state index contributed by atoms with van der Waals surface area (Å²) < 4.78 is 0.769. The fourth-order valence-electron chi connectivity index (χ4n) is 1.37. The molecule has 0 spiro atoms. The van der Waals surface area contributed by atoms with E-state index in [1.54, 1.807) is 18.2 Å². The third-order valence-electron chi connectivity index (χ3n) is 2.05. The first-order valence-electron chi connectivity index (χ1n) is 5.56. The van der Waals surface area contributed by atoms with Gasteiger partial charge in [0.15, 0.2) is 0 Å². The number of benzene rings is 1. The number of nitriles is 1. The summed E-state index contributed by atoms with van der Waals surface area (Å²) in [6, 6.07) is 7.24. The molecule has 0 atom stereocenters. The second-order valence-corrected chi connectivity index (χ2v) is 5.81. The molecule has 0 radical (unpaired) electrons. The van der Waals surface area contributed by atoms with Crippen LogP contribution in [0.25, 0.3) is 0 Å². The van der Waals surface area contributed by atoms with Gasteiger partial charge in [-0.3, -0.25) is 4.79 Å². The van der Waals surface area contributed by atoms with Crippen molar-refractivity contribution in [1.29, 1.82) is 5.26 Å². The lowest BCUT2D eigenvalue weighted by Gasteiger charge is -2.20. The van der Waals surface area contributed by atoms with Gasteiger partial charge in [0.2, 0.25) is 5.91 Å². The van der Waals surface area contributed by atoms with Crippen molar-refractivity contribution in [3.63, 3.8) is 0 Å². The lowest BCUT2D eigenvalue weighted by molar-refractivity contribution is -0.120. The van der Waals surface area contributed by atoms with Crippen LogP contribution in [0.5, 0.6) is 0 Å². The highest BCUT2D eigenvalue weighted by Gasteiger charge is 2.13. The first kappa shape index (κ1) is 14.5. The molecule has 0 aromatic heterocycles. The van der Waals surface area contributed by atoms with Crippen molar-refractivity contribution in [3.8, 4) is 6.07 Å². The zero-order chi connectivity index (χ0) is 13.8. The second kappa shape index (κ2) is 5.87. The Bertz CT molecular complexity index is 486. The van der Waals surface area contributed by atoms with Crippen LogP contribution in [0.4, 0.5) is 5.69 Å². The van der Waals surface area contributed by atoms with Gasteiger partial charge >= 0.3 is 0 Å². The second-order valence-electron chi connectivity index (χ2n) is 4.96. The van der Waals surface area contributed by atoms with Crippen LogP contribution in [0.3, 0.4) is 0 Å². The molecule has 0 saturated carbocycles. The minimum Gasteiger partial charge on any atom is -0.375 e. The molecule has 0 unspecified atom stereocenters. The van der Waals surface area contributed by atoms with Crippen molar-refractivity contribution in [2.24, 2.45) is 0 Å². The number of hydrogen-bond acceptors (Lipinski definition) is 3. The fourth-order valence-corrected chi connectivity index (χ4v) is 1.88. The molecular weight excluding hydrogens is 294 g/mol. The molecule has 0 saturated heterocycles. The summed E-state index contributed by atoms with van der Waals surface area (Å²) in [5.74, 6) is -0.0706. The molecule has 96 valence electrons. The highest BCUT2D eigenvalue weighted by molar-refractivity contribution is 9.10. The van der Waals surface area contributed by atoms with Crippen molar-refractivity contribution in [1.82, 2.24) is 5.32 Å². The Labute approximate surface area is 116 Å². The zero-order valence-electron chi connectivity index (χ0n) is 10.7. The Balaban J connectivity index is 2.59. The van der Waals surface area contributed by atoms with Gasteiger partial charge in [0.25, 0.3) is 0 Å². The van der Waals surface area contributed by atoms with E-state index in [-0.39, 0.29) is 18.0 Å². The van der Waals surface area contributed by atoms with Crippen molar-refractivity contribution < 1.29 is 4.79 Å². The van der Waals surface area contributed by atoms with Gasteiger partial charge in [0.05, 0.1) is 18.2 Å². The van der Waals surface area contributed by atoms with Crippen molar-refractivity contribution in [2.45, 2.75) is 26.3 Å². The Morgan fingerprint density at radius 2 is 2.11 bits per heavy atom. The molecule has 0 aliphatic rings. The number of carbonyl (C=O) groups excluding carboxylic acids is 1. The van der Waals surface area contributed by atoms with Gasteiger partial charge in [0.1, 0.15) is 0 Å². The molecule has 2 N–H and O–H groups in total. The number of anilines is 1. The van der Waals surface area contributed by atoms with Crippen LogP contribution in [0.15, 0.2) is 22.7 Å². The van der Waals surface area contributed by atoms with Crippen LogP contribution in [-0.2, 0) is 4.79 Å². The summed E-state index contributed by atoms with van der Waals surface area (Å²) in [6.45, 7) is 6.00. The Hall–Kier alpha value is -1.54. The summed E-state index contributed by atoms with van der Waals surface area (Å²) in [6.07, 6.45) is 0. The van der Waals surface area contributed by atoms with Crippen molar-refractivity contribution in [3.05, 3.63) is 28.2 Å². The molecule has 1 rings (SSSR count). The number of carbonyl (C=O) groups is 1. The lowest BCUT2D eigenvalue weighted by atomic mass is 10.1. The Morgan fingerprint density at radius 3 is 2.61 bits per heavy atom. The highest BCUT2D eigenvalue weighted by Crippen LogP contribution is 2.23. The van der Waals surface area contributed by atoms with Crippen LogP contribution in [0.1, 0.15) is 26.3 Å². The smallest absolute Gasteiger partial charge is 0.239 e. The number of amides is 1. The fraction of sp³-hybridized carbons (Fsp3) is 0.385. The molecule has 0 aliphatic carbocycles. The molecular formula is C13H16BrN3O. The third kappa shape index (κ3) is 4.76. The summed E-state index contributed by atoms with van der Waals surface area (Å²) in [4.78, 5) is 11.6. The first-order valence-corrected chi connectivity index (χ1v) is 6.35. The van der Waals surface area contributed by atoms with Gasteiger partial charge in [-0.05, 0) is 54.9 Å². The quantitative estimate of drug-likeness (QED) is 0.902. The maximum absolute atomic E-state index is 11.6. The third-order valence-corrected chi connectivity index (χ3v) is 2.71. The summed E-state index contributed by atoms with van der Waals surface area (Å²) in [7, 11) is 0. The lowest BCUT2D eigenvalue weighted by Crippen LogP contribution is -2.43. The summed E-state index contributed by atoms with van der Waals surface area (Å²) in [5, 5.41) is 14.6. The van der Waals surface area contributed by atoms with E-state index in [4.69, 9.17) is 5.26 Å². The minimum absolute atomic E-state index is 0.0706. The van der Waals surface area contributed by atoms with Gasteiger partial charge in [-0.15, -0.1) is 0 Å². The van der Waals surface area contributed by atoms with E-state index in [9.17, 15) is 4.79 Å². The van der Waals surface area contributed by atoms with Crippen LogP contribution < -0.4 is 10.6 Å². The molecule has 5 heteroatoms. The molecule has 1 aromatic rings. The monoisotopic (exact) mass is 309 g/mol. The molecule has 0 bridgehead atoms. The van der Waals surface area contributed by atoms with Gasteiger partial charge in [-0.1, -0.05) is 0 Å². The largest absolute Gasteiger partial charge is 0.375 e. The zero-order valence-corrected chi connectivity index (χ0v) is 12.3. The summed E-state index contributed by atoms with van der Waals surface area (Å²) in [5.41, 5.74) is 1.13. The van der Waals surface area contributed by atoms with Crippen LogP contribution in [-0.4, -0.2) is 18.0 Å².